The van der Waals surface area contributed by atoms with Crippen molar-refractivity contribution in [1.29, 1.82) is 0 Å². The Hall–Kier alpha value is -3.50. The Morgan fingerprint density at radius 2 is 1.93 bits per heavy atom. The molecule has 7 rings (SSSR count). The average Bonchev–Trinajstić information content (AvgIpc) is 3.54. The molecule has 0 bridgehead atoms. The molecule has 7 heterocycles. The summed E-state index contributed by atoms with van der Waals surface area (Å²) in [6, 6.07) is 4.57. The molecule has 0 unspecified atom stereocenters. The predicted molar refractivity (Wildman–Crippen MR) is 164 cm³/mol. The van der Waals surface area contributed by atoms with Gasteiger partial charge in [0.2, 0.25) is 5.91 Å². The van der Waals surface area contributed by atoms with Crippen molar-refractivity contribution < 1.29 is 9.53 Å². The number of fused-ring (bicyclic) bond motifs is 2. The molecule has 2 atom stereocenters. The number of aromatic amines is 1. The summed E-state index contributed by atoms with van der Waals surface area (Å²) in [6.07, 6.45) is 5.41. The molecular formula is C32H42N8O2. The summed E-state index contributed by atoms with van der Waals surface area (Å²) in [5, 5.41) is 4.42. The number of hydrogen-bond acceptors (Lipinski definition) is 7. The number of nitrogens with one attached hydrogen (secondary N) is 1. The lowest BCUT2D eigenvalue weighted by Crippen LogP contribution is -2.68. The average molecular weight is 571 g/mol. The number of nitrogens with zero attached hydrogens (tertiary/aromatic N) is 7. The summed E-state index contributed by atoms with van der Waals surface area (Å²) in [5.41, 5.74) is 8.79. The molecule has 10 heteroatoms. The van der Waals surface area contributed by atoms with E-state index in [1.54, 1.807) is 6.33 Å². The van der Waals surface area contributed by atoms with Crippen LogP contribution in [0.4, 0.5) is 5.82 Å². The van der Waals surface area contributed by atoms with E-state index in [1.165, 1.54) is 11.1 Å². The number of carbonyl (C=O) groups excluding carboxylic acids is 1. The van der Waals surface area contributed by atoms with Gasteiger partial charge in [-0.15, -0.1) is 0 Å². The molecule has 0 aliphatic carbocycles. The Morgan fingerprint density at radius 3 is 2.64 bits per heavy atom. The topological polar surface area (TPSA) is 94.9 Å². The van der Waals surface area contributed by atoms with Crippen LogP contribution in [0, 0.1) is 13.8 Å². The van der Waals surface area contributed by atoms with E-state index in [0.29, 0.717) is 13.0 Å². The number of aryl methyl sites for hydroxylation is 1. The first-order chi connectivity index (χ1) is 20.1. The fourth-order valence-electron chi connectivity index (χ4n) is 7.22. The first-order valence-corrected chi connectivity index (χ1v) is 15.4. The molecule has 1 amide bonds. The molecule has 0 aromatic carbocycles. The van der Waals surface area contributed by atoms with Crippen molar-refractivity contribution in [2.75, 3.05) is 44.2 Å². The fourth-order valence-corrected chi connectivity index (χ4v) is 7.22. The highest BCUT2D eigenvalue weighted by atomic mass is 16.5. The Morgan fingerprint density at radius 1 is 1.14 bits per heavy atom. The smallest absolute Gasteiger partial charge is 0.224 e. The normalized spacial score (nSPS) is 22.4. The Labute approximate surface area is 247 Å². The summed E-state index contributed by atoms with van der Waals surface area (Å²) in [7, 11) is 0. The highest BCUT2D eigenvalue weighted by Gasteiger charge is 2.48. The second kappa shape index (κ2) is 10.1. The molecule has 42 heavy (non-hydrogen) atoms. The van der Waals surface area contributed by atoms with Gasteiger partial charge in [0.25, 0.3) is 0 Å². The quantitative estimate of drug-likeness (QED) is 0.369. The second-order valence-corrected chi connectivity index (χ2v) is 13.1. The number of hydrogen-bond donors (Lipinski definition) is 1. The van der Waals surface area contributed by atoms with Gasteiger partial charge in [-0.1, -0.05) is 13.8 Å². The van der Waals surface area contributed by atoms with Gasteiger partial charge in [-0.05, 0) is 56.9 Å². The molecule has 0 saturated carbocycles. The zero-order valence-electron chi connectivity index (χ0n) is 25.6. The number of anilines is 1. The minimum absolute atomic E-state index is 0.114. The van der Waals surface area contributed by atoms with Crippen molar-refractivity contribution in [2.45, 2.75) is 78.0 Å². The van der Waals surface area contributed by atoms with Gasteiger partial charge in [-0.2, -0.15) is 5.10 Å². The number of likely N-dealkylation sites (tertiary alicyclic amines) is 1. The fraction of sp³-hybridized carbons (Fsp3) is 0.562. The monoisotopic (exact) mass is 570 g/mol. The summed E-state index contributed by atoms with van der Waals surface area (Å²) in [5.74, 6) is 1.48. The van der Waals surface area contributed by atoms with Crippen molar-refractivity contribution in [3.8, 4) is 11.3 Å². The van der Waals surface area contributed by atoms with E-state index >= 15 is 0 Å². The largest absolute Gasteiger partial charge is 0.372 e. The molecule has 0 radical (unpaired) electrons. The highest BCUT2D eigenvalue weighted by molar-refractivity contribution is 5.90. The molecule has 1 spiro atoms. The van der Waals surface area contributed by atoms with E-state index in [-0.39, 0.29) is 29.5 Å². The zero-order valence-corrected chi connectivity index (χ0v) is 25.6. The Kier molecular flexibility index (Phi) is 6.54. The maximum atomic E-state index is 13.3. The first-order valence-electron chi connectivity index (χ1n) is 15.4. The Bertz CT molecular complexity index is 1660. The number of H-pyrrole nitrogens is 1. The van der Waals surface area contributed by atoms with Gasteiger partial charge >= 0.3 is 0 Å². The summed E-state index contributed by atoms with van der Waals surface area (Å²) < 4.78 is 7.59. The van der Waals surface area contributed by atoms with E-state index in [9.17, 15) is 4.79 Å². The second-order valence-electron chi connectivity index (χ2n) is 13.1. The van der Waals surface area contributed by atoms with Crippen molar-refractivity contribution in [3.63, 3.8) is 0 Å². The van der Waals surface area contributed by atoms with Crippen LogP contribution in [0.15, 0.2) is 24.7 Å². The Balaban J connectivity index is 1.12. The summed E-state index contributed by atoms with van der Waals surface area (Å²) in [4.78, 5) is 33.5. The van der Waals surface area contributed by atoms with Crippen LogP contribution >= 0.6 is 0 Å². The molecule has 4 aromatic rings. The van der Waals surface area contributed by atoms with Crippen LogP contribution in [0.5, 0.6) is 0 Å². The lowest BCUT2D eigenvalue weighted by atomic mass is 9.86. The minimum atomic E-state index is 0.114. The predicted octanol–water partition coefficient (Wildman–Crippen LogP) is 4.30. The SMILES string of the molecule is Cc1c(-c2[nH]c3ccc(N4C[C@@H](C)N(C(=O)CCN5CC6(CCO6)C5)C[C@@H]4C)nc3c2C(C)C)cn2ncnc2c1C. The van der Waals surface area contributed by atoms with Crippen LogP contribution in [0.3, 0.4) is 0 Å². The van der Waals surface area contributed by atoms with Crippen molar-refractivity contribution >= 4 is 28.4 Å². The number of amides is 1. The number of aromatic nitrogens is 5. The molecule has 3 saturated heterocycles. The van der Waals surface area contributed by atoms with Gasteiger partial charge in [0.05, 0.1) is 28.9 Å². The van der Waals surface area contributed by atoms with Gasteiger partial charge in [0, 0.05) is 75.0 Å². The van der Waals surface area contributed by atoms with Crippen LogP contribution in [0.25, 0.3) is 27.9 Å². The van der Waals surface area contributed by atoms with Crippen LogP contribution < -0.4 is 4.90 Å². The van der Waals surface area contributed by atoms with Gasteiger partial charge in [0.15, 0.2) is 5.65 Å². The number of rotatable bonds is 6. The third kappa shape index (κ3) is 4.38. The van der Waals surface area contributed by atoms with Crippen LogP contribution in [-0.2, 0) is 9.53 Å². The number of pyridine rings is 2. The van der Waals surface area contributed by atoms with E-state index in [1.807, 2.05) is 4.52 Å². The van der Waals surface area contributed by atoms with Crippen LogP contribution in [0.2, 0.25) is 0 Å². The third-order valence-corrected chi connectivity index (χ3v) is 9.87. The lowest BCUT2D eigenvalue weighted by Gasteiger charge is -2.55. The summed E-state index contributed by atoms with van der Waals surface area (Å²) >= 11 is 0. The molecule has 4 aromatic heterocycles. The zero-order chi connectivity index (χ0) is 29.3. The molecule has 222 valence electrons. The number of carbonyl (C=O) groups is 1. The standard InChI is InChI=1S/C32H42N8O2/c1-19(2)28-29(24-15-40-31(33-18-34-40)23(6)22(24)5)35-25-7-8-26(36-30(25)28)38-13-21(4)39(14-20(38)3)27(41)9-11-37-16-32(17-37)10-12-42-32/h7-8,15,18-21,35H,9-14,16-17H2,1-6H3/t20-,21+/m0/s1. The van der Waals surface area contributed by atoms with Crippen LogP contribution in [0.1, 0.15) is 63.1 Å². The third-order valence-electron chi connectivity index (χ3n) is 9.87. The number of ether oxygens (including phenoxy) is 1. The van der Waals surface area contributed by atoms with Gasteiger partial charge in [-0.3, -0.25) is 9.69 Å². The van der Waals surface area contributed by atoms with Gasteiger partial charge in [0.1, 0.15) is 12.1 Å². The van der Waals surface area contributed by atoms with E-state index < -0.39 is 0 Å². The van der Waals surface area contributed by atoms with Crippen molar-refractivity contribution in [3.05, 3.63) is 41.3 Å². The van der Waals surface area contributed by atoms with Crippen molar-refractivity contribution in [1.82, 2.24) is 34.4 Å². The van der Waals surface area contributed by atoms with Gasteiger partial charge < -0.3 is 19.5 Å². The maximum absolute atomic E-state index is 13.3. The van der Waals surface area contributed by atoms with Crippen LogP contribution in [-0.4, -0.2) is 97.3 Å². The molecule has 1 N–H and O–H groups in total. The molecule has 10 nitrogen and oxygen atoms in total. The van der Waals surface area contributed by atoms with E-state index in [2.05, 4.69) is 89.6 Å². The van der Waals surface area contributed by atoms with Crippen molar-refractivity contribution in [2.24, 2.45) is 0 Å². The maximum Gasteiger partial charge on any atom is 0.224 e. The summed E-state index contributed by atoms with van der Waals surface area (Å²) in [6.45, 7) is 18.2. The van der Waals surface area contributed by atoms with E-state index in [0.717, 1.165) is 78.5 Å². The first kappa shape index (κ1) is 27.3. The van der Waals surface area contributed by atoms with Gasteiger partial charge in [-0.25, -0.2) is 14.5 Å². The molecular weight excluding hydrogens is 528 g/mol. The molecule has 3 fully saturated rings. The van der Waals surface area contributed by atoms with E-state index in [4.69, 9.17) is 9.72 Å². The number of piperazine rings is 1. The minimum Gasteiger partial charge on any atom is -0.372 e. The lowest BCUT2D eigenvalue weighted by molar-refractivity contribution is -0.221. The molecule has 3 aliphatic heterocycles. The highest BCUT2D eigenvalue weighted by Crippen LogP contribution is 2.39. The molecule has 3 aliphatic rings.